The van der Waals surface area contributed by atoms with Crippen molar-refractivity contribution in [2.45, 2.75) is 31.8 Å². The van der Waals surface area contributed by atoms with Crippen LogP contribution in [0.25, 0.3) is 11.1 Å². The SMILES string of the molecule is CC(c1cccnc1)N(C(=O)c1ccc2[nH]c(=S)oc2c1)C1CC1. The second-order valence-corrected chi connectivity index (χ2v) is 6.50. The predicted octanol–water partition coefficient (Wildman–Crippen LogP) is 4.25. The van der Waals surface area contributed by atoms with E-state index in [1.54, 1.807) is 12.3 Å². The van der Waals surface area contributed by atoms with Crippen molar-refractivity contribution in [3.05, 3.63) is 58.7 Å². The van der Waals surface area contributed by atoms with Gasteiger partial charge in [-0.15, -0.1) is 0 Å². The number of nitrogens with zero attached hydrogens (tertiary/aromatic N) is 2. The minimum absolute atomic E-state index is 0.0121. The fourth-order valence-corrected chi connectivity index (χ4v) is 3.22. The summed E-state index contributed by atoms with van der Waals surface area (Å²) in [6, 6.07) is 9.59. The van der Waals surface area contributed by atoms with Crippen LogP contribution < -0.4 is 0 Å². The van der Waals surface area contributed by atoms with Gasteiger partial charge in [-0.3, -0.25) is 9.78 Å². The van der Waals surface area contributed by atoms with Crippen LogP contribution in [0.2, 0.25) is 0 Å². The molecule has 1 aromatic carbocycles. The lowest BCUT2D eigenvalue weighted by molar-refractivity contribution is 0.0673. The van der Waals surface area contributed by atoms with Crippen molar-refractivity contribution in [1.82, 2.24) is 14.9 Å². The molecule has 1 N–H and O–H groups in total. The number of rotatable bonds is 4. The van der Waals surface area contributed by atoms with Crippen LogP contribution in [0.1, 0.15) is 41.7 Å². The topological polar surface area (TPSA) is 62.1 Å². The van der Waals surface area contributed by atoms with Crippen LogP contribution in [0.4, 0.5) is 0 Å². The van der Waals surface area contributed by atoms with Crippen molar-refractivity contribution < 1.29 is 9.21 Å². The number of carbonyl (C=O) groups excluding carboxylic acids is 1. The quantitative estimate of drug-likeness (QED) is 0.722. The summed E-state index contributed by atoms with van der Waals surface area (Å²) in [5, 5.41) is 0. The summed E-state index contributed by atoms with van der Waals surface area (Å²) >= 11 is 5.01. The molecule has 1 aliphatic carbocycles. The third kappa shape index (κ3) is 2.73. The molecule has 0 aliphatic heterocycles. The lowest BCUT2D eigenvalue weighted by Gasteiger charge is -2.29. The highest BCUT2D eigenvalue weighted by Gasteiger charge is 2.36. The van der Waals surface area contributed by atoms with Gasteiger partial charge in [0.25, 0.3) is 10.7 Å². The summed E-state index contributed by atoms with van der Waals surface area (Å²) in [5.41, 5.74) is 3.06. The molecule has 1 saturated carbocycles. The summed E-state index contributed by atoms with van der Waals surface area (Å²) < 4.78 is 5.44. The Morgan fingerprint density at radius 1 is 1.42 bits per heavy atom. The van der Waals surface area contributed by atoms with E-state index in [2.05, 4.69) is 9.97 Å². The maximum Gasteiger partial charge on any atom is 0.266 e. The van der Waals surface area contributed by atoms with E-state index in [-0.39, 0.29) is 11.9 Å². The molecule has 4 rings (SSSR count). The lowest BCUT2D eigenvalue weighted by atomic mass is 10.1. The Hall–Kier alpha value is -2.47. The largest absolute Gasteiger partial charge is 0.429 e. The van der Waals surface area contributed by atoms with E-state index in [1.165, 1.54) is 0 Å². The molecule has 1 amide bonds. The van der Waals surface area contributed by atoms with Gasteiger partial charge < -0.3 is 14.3 Å². The van der Waals surface area contributed by atoms with Gasteiger partial charge >= 0.3 is 0 Å². The summed E-state index contributed by atoms with van der Waals surface area (Å²) in [6.45, 7) is 2.05. The molecular formula is C18H17N3O2S. The number of benzene rings is 1. The van der Waals surface area contributed by atoms with E-state index < -0.39 is 0 Å². The zero-order chi connectivity index (χ0) is 16.7. The van der Waals surface area contributed by atoms with Crippen LogP contribution in [0, 0.1) is 4.84 Å². The number of H-pyrrole nitrogens is 1. The Kier molecular flexibility index (Phi) is 3.69. The average Bonchev–Trinajstić information content (AvgIpc) is 3.35. The molecule has 1 atom stereocenters. The molecule has 5 nitrogen and oxygen atoms in total. The first-order valence-corrected chi connectivity index (χ1v) is 8.40. The molecule has 24 heavy (non-hydrogen) atoms. The standard InChI is InChI=1S/C18H17N3O2S/c1-11(13-3-2-8-19-10-13)21(14-5-6-14)17(22)12-4-7-15-16(9-12)23-18(24)20-15/h2-4,7-11,14H,5-6H2,1H3,(H,20,24). The van der Waals surface area contributed by atoms with Crippen LogP contribution >= 0.6 is 12.2 Å². The highest BCUT2D eigenvalue weighted by molar-refractivity contribution is 7.71. The monoisotopic (exact) mass is 339 g/mol. The van der Waals surface area contributed by atoms with Gasteiger partial charge in [0, 0.05) is 24.0 Å². The maximum absolute atomic E-state index is 13.1. The zero-order valence-electron chi connectivity index (χ0n) is 13.2. The normalized spacial score (nSPS) is 15.4. The minimum atomic E-state index is -0.0212. The van der Waals surface area contributed by atoms with Crippen molar-refractivity contribution in [2.24, 2.45) is 0 Å². The van der Waals surface area contributed by atoms with E-state index in [1.807, 2.05) is 42.3 Å². The number of amides is 1. The Morgan fingerprint density at radius 2 is 2.25 bits per heavy atom. The summed E-state index contributed by atoms with van der Waals surface area (Å²) in [4.78, 5) is 22.5. The van der Waals surface area contributed by atoms with Crippen LogP contribution in [-0.2, 0) is 0 Å². The zero-order valence-corrected chi connectivity index (χ0v) is 14.0. The third-order valence-corrected chi connectivity index (χ3v) is 4.61. The number of aromatic nitrogens is 2. The van der Waals surface area contributed by atoms with Crippen LogP contribution in [0.3, 0.4) is 0 Å². The second-order valence-electron chi connectivity index (χ2n) is 6.13. The number of aromatic amines is 1. The van der Waals surface area contributed by atoms with Gasteiger partial charge in [0.05, 0.1) is 11.6 Å². The Morgan fingerprint density at radius 3 is 2.96 bits per heavy atom. The number of hydrogen-bond donors (Lipinski definition) is 1. The molecule has 122 valence electrons. The number of nitrogens with one attached hydrogen (secondary N) is 1. The van der Waals surface area contributed by atoms with Gasteiger partial charge in [-0.05, 0) is 61.8 Å². The molecular weight excluding hydrogens is 322 g/mol. The van der Waals surface area contributed by atoms with Gasteiger partial charge in [0.1, 0.15) is 0 Å². The van der Waals surface area contributed by atoms with Gasteiger partial charge in [-0.25, -0.2) is 0 Å². The first-order valence-electron chi connectivity index (χ1n) is 7.99. The number of carbonyl (C=O) groups is 1. The molecule has 1 fully saturated rings. The molecule has 6 heteroatoms. The molecule has 0 bridgehead atoms. The molecule has 3 aromatic rings. The fraction of sp³-hybridized carbons (Fsp3) is 0.278. The van der Waals surface area contributed by atoms with Crippen molar-refractivity contribution in [2.75, 3.05) is 0 Å². The Labute approximate surface area is 144 Å². The lowest BCUT2D eigenvalue weighted by Crippen LogP contribution is -2.35. The van der Waals surface area contributed by atoms with E-state index in [0.29, 0.717) is 22.0 Å². The van der Waals surface area contributed by atoms with Crippen LogP contribution in [0.5, 0.6) is 0 Å². The summed E-state index contributed by atoms with van der Waals surface area (Å²) in [6.07, 6.45) is 5.65. The number of pyridine rings is 1. The summed E-state index contributed by atoms with van der Waals surface area (Å²) in [5.74, 6) is 0.0121. The number of hydrogen-bond acceptors (Lipinski definition) is 4. The van der Waals surface area contributed by atoms with E-state index in [9.17, 15) is 4.79 Å². The van der Waals surface area contributed by atoms with E-state index in [0.717, 1.165) is 23.9 Å². The van der Waals surface area contributed by atoms with Crippen LogP contribution in [0.15, 0.2) is 47.1 Å². The molecule has 2 heterocycles. The Balaban J connectivity index is 1.69. The maximum atomic E-state index is 13.1. The van der Waals surface area contributed by atoms with Gasteiger partial charge in [0.15, 0.2) is 5.58 Å². The van der Waals surface area contributed by atoms with Gasteiger partial charge in [-0.2, -0.15) is 0 Å². The van der Waals surface area contributed by atoms with Crippen molar-refractivity contribution in [3.63, 3.8) is 0 Å². The summed E-state index contributed by atoms with van der Waals surface area (Å²) in [7, 11) is 0. The molecule has 0 spiro atoms. The second kappa shape index (κ2) is 5.87. The highest BCUT2D eigenvalue weighted by Crippen LogP contribution is 2.35. The number of fused-ring (bicyclic) bond motifs is 1. The molecule has 0 radical (unpaired) electrons. The molecule has 1 aliphatic rings. The first kappa shape index (κ1) is 15.1. The van der Waals surface area contributed by atoms with Gasteiger partial charge in [0.2, 0.25) is 0 Å². The van der Waals surface area contributed by atoms with Crippen molar-refractivity contribution >= 4 is 29.2 Å². The van der Waals surface area contributed by atoms with Crippen molar-refractivity contribution in [1.29, 1.82) is 0 Å². The third-order valence-electron chi connectivity index (χ3n) is 4.43. The number of oxazole rings is 1. The average molecular weight is 339 g/mol. The predicted molar refractivity (Wildman–Crippen MR) is 93.2 cm³/mol. The smallest absolute Gasteiger partial charge is 0.266 e. The molecule has 1 unspecified atom stereocenters. The van der Waals surface area contributed by atoms with Crippen molar-refractivity contribution in [3.8, 4) is 0 Å². The van der Waals surface area contributed by atoms with E-state index >= 15 is 0 Å². The van der Waals surface area contributed by atoms with E-state index in [4.69, 9.17) is 16.6 Å². The first-order chi connectivity index (χ1) is 11.6. The van der Waals surface area contributed by atoms with Gasteiger partial charge in [-0.1, -0.05) is 6.07 Å². The minimum Gasteiger partial charge on any atom is -0.429 e. The highest BCUT2D eigenvalue weighted by atomic mass is 32.1. The molecule has 0 saturated heterocycles. The fourth-order valence-electron chi connectivity index (χ4n) is 3.02. The van der Waals surface area contributed by atoms with Crippen LogP contribution in [-0.4, -0.2) is 26.8 Å². The molecule has 2 aromatic heterocycles. The Bertz CT molecular complexity index is 944.